The van der Waals surface area contributed by atoms with Crippen molar-refractivity contribution in [2.45, 2.75) is 26.3 Å². The first-order chi connectivity index (χ1) is 5.11. The highest BCUT2D eigenvalue weighted by Gasteiger charge is 2.27. The van der Waals surface area contributed by atoms with E-state index in [0.29, 0.717) is 6.54 Å². The molecule has 1 rings (SSSR count). The number of amides is 1. The number of hydrogen-bond donors (Lipinski definition) is 1. The molecule has 0 aromatic rings. The summed E-state index contributed by atoms with van der Waals surface area (Å²) in [5.74, 6) is 0.482. The van der Waals surface area contributed by atoms with Gasteiger partial charge >= 0.3 is 0 Å². The van der Waals surface area contributed by atoms with Crippen molar-refractivity contribution in [1.29, 1.82) is 0 Å². The maximum atomic E-state index is 11.3. The van der Waals surface area contributed by atoms with Crippen molar-refractivity contribution in [3.63, 3.8) is 0 Å². The van der Waals surface area contributed by atoms with E-state index >= 15 is 0 Å². The molecular weight excluding hydrogens is 140 g/mol. The van der Waals surface area contributed by atoms with E-state index in [0.717, 1.165) is 13.0 Å². The normalized spacial score (nSPS) is 27.7. The number of carbonyl (C=O) groups is 1. The van der Waals surface area contributed by atoms with Crippen LogP contribution >= 0.6 is 0 Å². The number of carbonyl (C=O) groups excluding carboxylic acids is 1. The molecule has 3 nitrogen and oxygen atoms in total. The highest BCUT2D eigenvalue weighted by Crippen LogP contribution is 2.16. The van der Waals surface area contributed by atoms with E-state index in [1.807, 2.05) is 18.7 Å². The molecule has 2 atom stereocenters. The zero-order valence-corrected chi connectivity index (χ0v) is 7.21. The number of rotatable bonds is 2. The summed E-state index contributed by atoms with van der Waals surface area (Å²) in [5.41, 5.74) is 5.59. The molecule has 0 radical (unpaired) electrons. The van der Waals surface area contributed by atoms with Gasteiger partial charge in [-0.1, -0.05) is 6.92 Å². The molecule has 2 N–H and O–H groups in total. The predicted molar refractivity (Wildman–Crippen MR) is 44.0 cm³/mol. The van der Waals surface area contributed by atoms with Gasteiger partial charge in [-0.25, -0.2) is 0 Å². The van der Waals surface area contributed by atoms with Gasteiger partial charge in [0.2, 0.25) is 5.91 Å². The minimum Gasteiger partial charge on any atom is -0.341 e. The van der Waals surface area contributed by atoms with Crippen molar-refractivity contribution in [3.8, 4) is 0 Å². The first-order valence-corrected chi connectivity index (χ1v) is 4.15. The third-order valence-electron chi connectivity index (χ3n) is 2.07. The number of nitrogens with zero attached hydrogens (tertiary/aromatic N) is 1. The average Bonchev–Trinajstić information content (AvgIpc) is 2.18. The third-order valence-corrected chi connectivity index (χ3v) is 2.07. The molecule has 0 spiro atoms. The van der Waals surface area contributed by atoms with Gasteiger partial charge in [0.15, 0.2) is 0 Å². The van der Waals surface area contributed by atoms with Crippen molar-refractivity contribution >= 4 is 5.91 Å². The lowest BCUT2D eigenvalue weighted by Crippen LogP contribution is -2.37. The van der Waals surface area contributed by atoms with Gasteiger partial charge in [-0.3, -0.25) is 4.79 Å². The molecule has 0 aromatic carbocycles. The van der Waals surface area contributed by atoms with Crippen LogP contribution in [0, 0.1) is 5.92 Å². The fourth-order valence-corrected chi connectivity index (χ4v) is 1.42. The Hall–Kier alpha value is -0.570. The fourth-order valence-electron chi connectivity index (χ4n) is 1.42. The van der Waals surface area contributed by atoms with Gasteiger partial charge in [-0.2, -0.15) is 0 Å². The minimum atomic E-state index is 0.101. The van der Waals surface area contributed by atoms with Gasteiger partial charge in [0.05, 0.1) is 0 Å². The number of hydrogen-bond acceptors (Lipinski definition) is 2. The van der Waals surface area contributed by atoms with E-state index in [2.05, 4.69) is 0 Å². The van der Waals surface area contributed by atoms with Gasteiger partial charge in [0, 0.05) is 25.0 Å². The molecule has 2 unspecified atom stereocenters. The number of likely N-dealkylation sites (tertiary alicyclic amines) is 1. The summed E-state index contributed by atoms with van der Waals surface area (Å²) in [5, 5.41) is 0. The summed E-state index contributed by atoms with van der Waals surface area (Å²) in [6, 6.07) is 0.101. The SMILES string of the molecule is CC(N)CN1CCC(C)C1=O. The molecule has 1 aliphatic rings. The second-order valence-corrected chi connectivity index (χ2v) is 3.45. The molecule has 0 aliphatic carbocycles. The zero-order valence-electron chi connectivity index (χ0n) is 7.21. The maximum absolute atomic E-state index is 11.3. The van der Waals surface area contributed by atoms with Gasteiger partial charge < -0.3 is 10.6 Å². The topological polar surface area (TPSA) is 46.3 Å². The fraction of sp³-hybridized carbons (Fsp3) is 0.875. The molecule has 1 saturated heterocycles. The molecule has 3 heteroatoms. The Kier molecular flexibility index (Phi) is 2.49. The molecule has 0 aromatic heterocycles. The second-order valence-electron chi connectivity index (χ2n) is 3.45. The van der Waals surface area contributed by atoms with Crippen LogP contribution in [0.5, 0.6) is 0 Å². The Morgan fingerprint density at radius 3 is 2.82 bits per heavy atom. The Morgan fingerprint density at radius 2 is 2.45 bits per heavy atom. The quantitative estimate of drug-likeness (QED) is 0.621. The Bertz CT molecular complexity index is 156. The molecule has 64 valence electrons. The molecular formula is C8H16N2O. The third kappa shape index (κ3) is 1.93. The second kappa shape index (κ2) is 3.22. The van der Waals surface area contributed by atoms with E-state index in [4.69, 9.17) is 5.73 Å². The monoisotopic (exact) mass is 156 g/mol. The summed E-state index contributed by atoms with van der Waals surface area (Å²) in [6.45, 7) is 5.50. The highest BCUT2D eigenvalue weighted by molar-refractivity contribution is 5.80. The molecule has 1 heterocycles. The summed E-state index contributed by atoms with van der Waals surface area (Å²) in [4.78, 5) is 13.2. The van der Waals surface area contributed by atoms with Crippen LogP contribution in [0.1, 0.15) is 20.3 Å². The van der Waals surface area contributed by atoms with Crippen LogP contribution in [0.25, 0.3) is 0 Å². The van der Waals surface area contributed by atoms with Crippen molar-refractivity contribution in [3.05, 3.63) is 0 Å². The standard InChI is InChI=1S/C8H16N2O/c1-6-3-4-10(8(6)11)5-7(2)9/h6-7H,3-5,9H2,1-2H3. The molecule has 1 aliphatic heterocycles. The van der Waals surface area contributed by atoms with Crippen LogP contribution in [-0.2, 0) is 4.79 Å². The van der Waals surface area contributed by atoms with E-state index in [9.17, 15) is 4.79 Å². The Balaban J connectivity index is 2.42. The Morgan fingerprint density at radius 1 is 1.82 bits per heavy atom. The highest BCUT2D eigenvalue weighted by atomic mass is 16.2. The van der Waals surface area contributed by atoms with Crippen LogP contribution in [0.15, 0.2) is 0 Å². The summed E-state index contributed by atoms with van der Waals surface area (Å²) >= 11 is 0. The lowest BCUT2D eigenvalue weighted by Gasteiger charge is -2.17. The maximum Gasteiger partial charge on any atom is 0.225 e. The summed E-state index contributed by atoms with van der Waals surface area (Å²) in [6.07, 6.45) is 0.992. The van der Waals surface area contributed by atoms with Gasteiger partial charge in [0.25, 0.3) is 0 Å². The van der Waals surface area contributed by atoms with E-state index in [1.54, 1.807) is 0 Å². The largest absolute Gasteiger partial charge is 0.341 e. The number of nitrogens with two attached hydrogens (primary N) is 1. The van der Waals surface area contributed by atoms with E-state index in [1.165, 1.54) is 0 Å². The van der Waals surface area contributed by atoms with Crippen molar-refractivity contribution < 1.29 is 4.79 Å². The van der Waals surface area contributed by atoms with E-state index in [-0.39, 0.29) is 17.9 Å². The van der Waals surface area contributed by atoms with Crippen molar-refractivity contribution in [1.82, 2.24) is 4.90 Å². The van der Waals surface area contributed by atoms with Crippen LogP contribution in [0.3, 0.4) is 0 Å². The first kappa shape index (κ1) is 8.53. The van der Waals surface area contributed by atoms with Crippen LogP contribution < -0.4 is 5.73 Å². The molecule has 1 amide bonds. The van der Waals surface area contributed by atoms with Crippen molar-refractivity contribution in [2.24, 2.45) is 11.7 Å². The Labute approximate surface area is 67.5 Å². The van der Waals surface area contributed by atoms with Crippen LogP contribution in [0.4, 0.5) is 0 Å². The van der Waals surface area contributed by atoms with Crippen molar-refractivity contribution in [2.75, 3.05) is 13.1 Å². The molecule has 0 bridgehead atoms. The van der Waals surface area contributed by atoms with Gasteiger partial charge in [-0.05, 0) is 13.3 Å². The van der Waals surface area contributed by atoms with E-state index < -0.39 is 0 Å². The van der Waals surface area contributed by atoms with Gasteiger partial charge in [-0.15, -0.1) is 0 Å². The predicted octanol–water partition coefficient (Wildman–Crippen LogP) is 0.202. The smallest absolute Gasteiger partial charge is 0.225 e. The zero-order chi connectivity index (χ0) is 8.43. The van der Waals surface area contributed by atoms with Gasteiger partial charge in [0.1, 0.15) is 0 Å². The summed E-state index contributed by atoms with van der Waals surface area (Å²) < 4.78 is 0. The average molecular weight is 156 g/mol. The van der Waals surface area contributed by atoms with Crippen LogP contribution in [-0.4, -0.2) is 29.9 Å². The molecule has 0 saturated carbocycles. The molecule has 1 fully saturated rings. The first-order valence-electron chi connectivity index (χ1n) is 4.15. The summed E-state index contributed by atoms with van der Waals surface area (Å²) in [7, 11) is 0. The van der Waals surface area contributed by atoms with Crippen LogP contribution in [0.2, 0.25) is 0 Å². The lowest BCUT2D eigenvalue weighted by atomic mass is 10.1. The molecule has 11 heavy (non-hydrogen) atoms. The minimum absolute atomic E-state index is 0.101. The lowest BCUT2D eigenvalue weighted by molar-refractivity contribution is -0.130.